The first kappa shape index (κ1) is 15.7. The second-order valence-corrected chi connectivity index (χ2v) is 5.59. The van der Waals surface area contributed by atoms with E-state index in [1.807, 2.05) is 51.1 Å². The molecule has 2 atom stereocenters. The lowest BCUT2D eigenvalue weighted by Gasteiger charge is -2.36. The smallest absolute Gasteiger partial charge is 0.227 e. The zero-order valence-electron chi connectivity index (χ0n) is 12.1. The van der Waals surface area contributed by atoms with Gasteiger partial charge in [-0.05, 0) is 19.4 Å². The fraction of sp³-hybridized carbons (Fsp3) is 0.533. The molecule has 0 saturated heterocycles. The molecule has 0 aliphatic rings. The quantitative estimate of drug-likeness (QED) is 0.848. The van der Waals surface area contributed by atoms with E-state index in [0.29, 0.717) is 0 Å². The van der Waals surface area contributed by atoms with E-state index in [0.717, 1.165) is 5.56 Å². The van der Waals surface area contributed by atoms with Crippen molar-refractivity contribution in [2.75, 3.05) is 13.7 Å². The van der Waals surface area contributed by atoms with Gasteiger partial charge < -0.3 is 15.7 Å². The SMILES string of the molecule is CC(C(=O)N(C)C(C)(C)CO)C(N)c1ccccc1. The summed E-state index contributed by atoms with van der Waals surface area (Å²) in [7, 11) is 1.70. The van der Waals surface area contributed by atoms with Crippen LogP contribution in [0, 0.1) is 5.92 Å². The summed E-state index contributed by atoms with van der Waals surface area (Å²) in [6.45, 7) is 5.39. The maximum absolute atomic E-state index is 12.4. The topological polar surface area (TPSA) is 66.6 Å². The van der Waals surface area contributed by atoms with Gasteiger partial charge in [0.25, 0.3) is 0 Å². The van der Waals surface area contributed by atoms with Crippen molar-refractivity contribution < 1.29 is 9.90 Å². The molecule has 0 aliphatic heterocycles. The molecule has 0 aromatic heterocycles. The molecule has 0 radical (unpaired) electrons. The van der Waals surface area contributed by atoms with Crippen molar-refractivity contribution >= 4 is 5.91 Å². The Kier molecular flexibility index (Phi) is 5.09. The van der Waals surface area contributed by atoms with Crippen molar-refractivity contribution in [2.24, 2.45) is 11.7 Å². The molecule has 3 N–H and O–H groups in total. The number of carbonyl (C=O) groups excluding carboxylic acids is 1. The van der Waals surface area contributed by atoms with E-state index in [9.17, 15) is 9.90 Å². The standard InChI is InChI=1S/C15H24N2O2/c1-11(13(16)12-8-6-5-7-9-12)14(19)17(4)15(2,3)10-18/h5-9,11,13,18H,10,16H2,1-4H3. The average molecular weight is 264 g/mol. The van der Waals surface area contributed by atoms with Crippen molar-refractivity contribution in [1.82, 2.24) is 4.90 Å². The predicted octanol–water partition coefficient (Wildman–Crippen LogP) is 1.55. The molecule has 1 aromatic rings. The first-order valence-corrected chi connectivity index (χ1v) is 6.50. The average Bonchev–Trinajstić information content (AvgIpc) is 2.44. The number of benzene rings is 1. The summed E-state index contributed by atoms with van der Waals surface area (Å²) in [5.74, 6) is -0.395. The molecule has 0 heterocycles. The normalized spacial score (nSPS) is 14.8. The highest BCUT2D eigenvalue weighted by atomic mass is 16.3. The monoisotopic (exact) mass is 264 g/mol. The van der Waals surface area contributed by atoms with E-state index in [4.69, 9.17) is 5.73 Å². The minimum absolute atomic E-state index is 0.0598. The molecule has 0 aliphatic carbocycles. The van der Waals surface area contributed by atoms with Gasteiger partial charge in [0.15, 0.2) is 0 Å². The van der Waals surface area contributed by atoms with Crippen molar-refractivity contribution in [1.29, 1.82) is 0 Å². The lowest BCUT2D eigenvalue weighted by atomic mass is 9.92. The zero-order valence-corrected chi connectivity index (χ0v) is 12.1. The maximum atomic E-state index is 12.4. The van der Waals surface area contributed by atoms with Crippen molar-refractivity contribution in [3.63, 3.8) is 0 Å². The van der Waals surface area contributed by atoms with Gasteiger partial charge in [-0.1, -0.05) is 37.3 Å². The number of aliphatic hydroxyl groups is 1. The predicted molar refractivity (Wildman–Crippen MR) is 76.5 cm³/mol. The Hall–Kier alpha value is -1.39. The van der Waals surface area contributed by atoms with Crippen LogP contribution >= 0.6 is 0 Å². The number of nitrogens with two attached hydrogens (primary N) is 1. The molecule has 1 amide bonds. The lowest BCUT2D eigenvalue weighted by Crippen LogP contribution is -2.50. The number of carbonyl (C=O) groups is 1. The third kappa shape index (κ3) is 3.55. The Bertz CT molecular complexity index is 417. The third-order valence-electron chi connectivity index (χ3n) is 3.74. The number of hydrogen-bond acceptors (Lipinski definition) is 3. The molecule has 0 spiro atoms. The van der Waals surface area contributed by atoms with Crippen LogP contribution in [0.4, 0.5) is 0 Å². The number of amides is 1. The summed E-state index contributed by atoms with van der Waals surface area (Å²) in [6, 6.07) is 9.24. The summed E-state index contributed by atoms with van der Waals surface area (Å²) < 4.78 is 0. The summed E-state index contributed by atoms with van der Waals surface area (Å²) in [5.41, 5.74) is 6.51. The van der Waals surface area contributed by atoms with Crippen LogP contribution in [0.25, 0.3) is 0 Å². The second-order valence-electron chi connectivity index (χ2n) is 5.59. The van der Waals surface area contributed by atoms with Crippen LogP contribution in [0.5, 0.6) is 0 Å². The first-order valence-electron chi connectivity index (χ1n) is 6.50. The van der Waals surface area contributed by atoms with E-state index in [-0.39, 0.29) is 24.5 Å². The Morgan fingerprint density at radius 3 is 2.37 bits per heavy atom. The summed E-state index contributed by atoms with van der Waals surface area (Å²) in [5, 5.41) is 9.33. The molecule has 106 valence electrons. The van der Waals surface area contributed by atoms with Gasteiger partial charge in [0.1, 0.15) is 0 Å². The number of nitrogens with zero attached hydrogens (tertiary/aromatic N) is 1. The van der Waals surface area contributed by atoms with Crippen LogP contribution < -0.4 is 5.73 Å². The number of rotatable bonds is 5. The molecular formula is C15H24N2O2. The van der Waals surface area contributed by atoms with E-state index in [1.165, 1.54) is 0 Å². The summed E-state index contributed by atoms with van der Waals surface area (Å²) >= 11 is 0. The number of hydrogen-bond donors (Lipinski definition) is 2. The van der Waals surface area contributed by atoms with Crippen LogP contribution in [0.2, 0.25) is 0 Å². The largest absolute Gasteiger partial charge is 0.394 e. The van der Waals surface area contributed by atoms with E-state index < -0.39 is 5.54 Å². The fourth-order valence-corrected chi connectivity index (χ4v) is 1.83. The van der Waals surface area contributed by atoms with Crippen LogP contribution in [0.1, 0.15) is 32.4 Å². The summed E-state index contributed by atoms with van der Waals surface area (Å²) in [4.78, 5) is 14.0. The molecular weight excluding hydrogens is 240 g/mol. The zero-order chi connectivity index (χ0) is 14.6. The Labute approximate surface area is 115 Å². The van der Waals surface area contributed by atoms with E-state index >= 15 is 0 Å². The molecule has 1 aromatic carbocycles. The van der Waals surface area contributed by atoms with Crippen molar-refractivity contribution in [2.45, 2.75) is 32.4 Å². The number of likely N-dealkylation sites (N-methyl/N-ethyl adjacent to an activating group) is 1. The van der Waals surface area contributed by atoms with Crippen LogP contribution in [-0.4, -0.2) is 35.1 Å². The van der Waals surface area contributed by atoms with Gasteiger partial charge in [0.2, 0.25) is 5.91 Å². The first-order chi connectivity index (χ1) is 8.81. The molecule has 19 heavy (non-hydrogen) atoms. The highest BCUT2D eigenvalue weighted by Gasteiger charge is 2.32. The summed E-state index contributed by atoms with van der Waals surface area (Å²) in [6.07, 6.45) is 0. The molecule has 2 unspecified atom stereocenters. The van der Waals surface area contributed by atoms with Crippen molar-refractivity contribution in [3.05, 3.63) is 35.9 Å². The van der Waals surface area contributed by atoms with Gasteiger partial charge in [0.05, 0.1) is 18.1 Å². The van der Waals surface area contributed by atoms with Gasteiger partial charge in [-0.15, -0.1) is 0 Å². The Balaban J connectivity index is 2.83. The van der Waals surface area contributed by atoms with Gasteiger partial charge in [0, 0.05) is 13.1 Å². The van der Waals surface area contributed by atoms with Crippen LogP contribution in [0.3, 0.4) is 0 Å². The third-order valence-corrected chi connectivity index (χ3v) is 3.74. The Morgan fingerprint density at radius 1 is 1.37 bits per heavy atom. The highest BCUT2D eigenvalue weighted by Crippen LogP contribution is 2.23. The Morgan fingerprint density at radius 2 is 1.89 bits per heavy atom. The molecule has 0 saturated carbocycles. The van der Waals surface area contributed by atoms with E-state index in [1.54, 1.807) is 11.9 Å². The van der Waals surface area contributed by atoms with E-state index in [2.05, 4.69) is 0 Å². The van der Waals surface area contributed by atoms with Crippen molar-refractivity contribution in [3.8, 4) is 0 Å². The molecule has 4 nitrogen and oxygen atoms in total. The number of aliphatic hydroxyl groups excluding tert-OH is 1. The highest BCUT2D eigenvalue weighted by molar-refractivity contribution is 5.80. The van der Waals surface area contributed by atoms with Gasteiger partial charge in [-0.3, -0.25) is 4.79 Å². The minimum Gasteiger partial charge on any atom is -0.394 e. The van der Waals surface area contributed by atoms with Gasteiger partial charge in [-0.25, -0.2) is 0 Å². The molecule has 0 fully saturated rings. The van der Waals surface area contributed by atoms with Crippen LogP contribution in [-0.2, 0) is 4.79 Å². The maximum Gasteiger partial charge on any atom is 0.227 e. The second kappa shape index (κ2) is 6.17. The van der Waals surface area contributed by atoms with Gasteiger partial charge >= 0.3 is 0 Å². The minimum atomic E-state index is -0.582. The lowest BCUT2D eigenvalue weighted by molar-refractivity contribution is -0.140. The molecule has 4 heteroatoms. The molecule has 0 bridgehead atoms. The van der Waals surface area contributed by atoms with Gasteiger partial charge in [-0.2, -0.15) is 0 Å². The molecule has 1 rings (SSSR count). The van der Waals surface area contributed by atoms with Crippen LogP contribution in [0.15, 0.2) is 30.3 Å². The fourth-order valence-electron chi connectivity index (χ4n) is 1.83.